The summed E-state index contributed by atoms with van der Waals surface area (Å²) in [6.07, 6.45) is 0. The molecular weight excluding hydrogens is 282 g/mol. The lowest BCUT2D eigenvalue weighted by molar-refractivity contribution is 0.0696. The summed E-state index contributed by atoms with van der Waals surface area (Å²) < 4.78 is 12.0. The average molecular weight is 295 g/mol. The van der Waals surface area contributed by atoms with Gasteiger partial charge in [0.1, 0.15) is 0 Å². The molecule has 0 fully saturated rings. The monoisotopic (exact) mass is 295 g/mol. The zero-order chi connectivity index (χ0) is 13.8. The molecule has 0 spiro atoms. The van der Waals surface area contributed by atoms with Gasteiger partial charge in [0.05, 0.1) is 11.4 Å². The van der Waals surface area contributed by atoms with E-state index in [9.17, 15) is 9.00 Å². The highest BCUT2D eigenvalue weighted by molar-refractivity contribution is 7.83. The van der Waals surface area contributed by atoms with Crippen LogP contribution < -0.4 is 0 Å². The molecule has 0 aliphatic rings. The molecule has 1 N–H and O–H groups in total. The van der Waals surface area contributed by atoms with Crippen LogP contribution in [0.25, 0.3) is 0 Å². The van der Waals surface area contributed by atoms with Crippen LogP contribution in [0.5, 0.6) is 0 Å². The molecule has 1 aromatic heterocycles. The lowest BCUT2D eigenvalue weighted by Gasteiger charge is -2.04. The van der Waals surface area contributed by atoms with Gasteiger partial charge in [0.25, 0.3) is 0 Å². The average Bonchev–Trinajstić information content (AvgIpc) is 2.80. The lowest BCUT2D eigenvalue weighted by atomic mass is 10.1. The van der Waals surface area contributed by atoms with E-state index < -0.39 is 16.8 Å². The molecule has 0 aliphatic heterocycles. The van der Waals surface area contributed by atoms with E-state index in [1.54, 1.807) is 5.38 Å². The van der Waals surface area contributed by atoms with E-state index in [1.165, 1.54) is 0 Å². The number of hydrogen-bond acceptors (Lipinski definition) is 4. The van der Waals surface area contributed by atoms with Crippen molar-refractivity contribution in [1.82, 2.24) is 4.98 Å². The fourth-order valence-electron chi connectivity index (χ4n) is 1.63. The van der Waals surface area contributed by atoms with Gasteiger partial charge in [-0.05, 0) is 18.1 Å². The largest absolute Gasteiger partial charge is 0.476 e. The van der Waals surface area contributed by atoms with Gasteiger partial charge in [0.15, 0.2) is 0 Å². The maximum Gasteiger partial charge on any atom is 0.365 e. The van der Waals surface area contributed by atoms with Crippen molar-refractivity contribution in [3.63, 3.8) is 0 Å². The van der Waals surface area contributed by atoms with Gasteiger partial charge in [-0.25, -0.2) is 9.78 Å². The van der Waals surface area contributed by atoms with Gasteiger partial charge in [-0.1, -0.05) is 24.3 Å². The van der Waals surface area contributed by atoms with Gasteiger partial charge >= 0.3 is 5.97 Å². The normalized spacial score (nSPS) is 12.3. The van der Waals surface area contributed by atoms with Crippen molar-refractivity contribution in [3.05, 3.63) is 51.5 Å². The van der Waals surface area contributed by atoms with Gasteiger partial charge in [-0.2, -0.15) is 0 Å². The summed E-state index contributed by atoms with van der Waals surface area (Å²) in [5, 5.41) is 10.5. The Hall–Kier alpha value is -1.53. The van der Waals surface area contributed by atoms with E-state index in [-0.39, 0.29) is 10.8 Å². The second-order valence-corrected chi connectivity index (χ2v) is 6.42. The van der Waals surface area contributed by atoms with Gasteiger partial charge in [-0.3, -0.25) is 4.21 Å². The summed E-state index contributed by atoms with van der Waals surface area (Å²) in [5.74, 6) is -0.286. The fraction of sp³-hybridized carbons (Fsp3) is 0.231. The maximum atomic E-state index is 12.0. The van der Waals surface area contributed by atoms with E-state index >= 15 is 0 Å². The molecule has 0 radical (unpaired) electrons. The molecule has 0 aliphatic carbocycles. The molecule has 100 valence electrons. The van der Waals surface area contributed by atoms with Crippen molar-refractivity contribution < 1.29 is 14.1 Å². The molecule has 0 saturated carbocycles. The highest BCUT2D eigenvalue weighted by Gasteiger charge is 2.11. The summed E-state index contributed by atoms with van der Waals surface area (Å²) in [7, 11) is -1.08. The quantitative estimate of drug-likeness (QED) is 0.920. The molecule has 2 rings (SSSR count). The Morgan fingerprint density at radius 1 is 1.37 bits per heavy atom. The number of aromatic carboxylic acids is 1. The van der Waals surface area contributed by atoms with E-state index in [0.717, 1.165) is 22.5 Å². The number of aromatic nitrogens is 1. The van der Waals surface area contributed by atoms with Crippen LogP contribution >= 0.6 is 11.3 Å². The standard InChI is InChI=1S/C13H13NO3S2/c1-9-4-2-3-5-10(9)7-19(17)8-11-6-18-12(14-11)13(15)16/h2-6H,7-8H2,1H3,(H,15,16). The summed E-state index contributed by atoms with van der Waals surface area (Å²) in [6, 6.07) is 7.81. The number of carboxylic acid groups (broad SMARTS) is 1. The number of benzene rings is 1. The Balaban J connectivity index is 2.01. The third-order valence-electron chi connectivity index (χ3n) is 2.62. The summed E-state index contributed by atoms with van der Waals surface area (Å²) in [4.78, 5) is 14.6. The Kier molecular flexibility index (Phi) is 4.44. The zero-order valence-corrected chi connectivity index (χ0v) is 12.0. The Morgan fingerprint density at radius 3 is 2.74 bits per heavy atom. The smallest absolute Gasteiger partial charge is 0.365 e. The zero-order valence-electron chi connectivity index (χ0n) is 10.3. The Labute approximate surface area is 117 Å². The minimum absolute atomic E-state index is 0.0443. The third-order valence-corrected chi connectivity index (χ3v) is 4.75. The van der Waals surface area contributed by atoms with Crippen LogP contribution in [0.15, 0.2) is 29.6 Å². The van der Waals surface area contributed by atoms with Crippen molar-refractivity contribution >= 4 is 28.1 Å². The first-order valence-electron chi connectivity index (χ1n) is 5.63. The summed E-state index contributed by atoms with van der Waals surface area (Å²) >= 11 is 1.06. The molecule has 1 aromatic carbocycles. The highest BCUT2D eigenvalue weighted by Crippen LogP contribution is 2.15. The molecule has 1 atom stereocenters. The third kappa shape index (κ3) is 3.71. The van der Waals surface area contributed by atoms with Crippen LogP contribution in [-0.4, -0.2) is 20.3 Å². The van der Waals surface area contributed by atoms with Crippen LogP contribution in [0.2, 0.25) is 0 Å². The molecular formula is C13H13NO3S2. The molecule has 1 unspecified atom stereocenters. The predicted molar refractivity (Wildman–Crippen MR) is 75.8 cm³/mol. The van der Waals surface area contributed by atoms with Crippen LogP contribution in [0, 0.1) is 6.92 Å². The minimum Gasteiger partial charge on any atom is -0.476 e. The SMILES string of the molecule is Cc1ccccc1CS(=O)Cc1csc(C(=O)O)n1. The number of thiazole rings is 1. The number of carboxylic acids is 1. The number of hydrogen-bond donors (Lipinski definition) is 1. The summed E-state index contributed by atoms with van der Waals surface area (Å²) in [5.41, 5.74) is 2.74. The lowest BCUT2D eigenvalue weighted by Crippen LogP contribution is -2.02. The first-order chi connectivity index (χ1) is 9.06. The van der Waals surface area contributed by atoms with Crippen molar-refractivity contribution in [1.29, 1.82) is 0 Å². The number of carbonyl (C=O) groups is 1. The van der Waals surface area contributed by atoms with Crippen molar-refractivity contribution in [3.8, 4) is 0 Å². The molecule has 4 nitrogen and oxygen atoms in total. The van der Waals surface area contributed by atoms with E-state index in [0.29, 0.717) is 11.4 Å². The molecule has 19 heavy (non-hydrogen) atoms. The van der Waals surface area contributed by atoms with Crippen molar-refractivity contribution in [2.45, 2.75) is 18.4 Å². The van der Waals surface area contributed by atoms with Crippen LogP contribution in [0.1, 0.15) is 26.6 Å². The van der Waals surface area contributed by atoms with E-state index in [4.69, 9.17) is 5.11 Å². The Bertz CT molecular complexity index is 622. The van der Waals surface area contributed by atoms with Crippen molar-refractivity contribution in [2.75, 3.05) is 0 Å². The summed E-state index contributed by atoms with van der Waals surface area (Å²) in [6.45, 7) is 1.98. The van der Waals surface area contributed by atoms with Gasteiger partial charge in [0, 0.05) is 21.9 Å². The van der Waals surface area contributed by atoms with Crippen LogP contribution in [0.3, 0.4) is 0 Å². The second kappa shape index (κ2) is 6.08. The second-order valence-electron chi connectivity index (χ2n) is 4.10. The maximum absolute atomic E-state index is 12.0. The molecule has 0 bridgehead atoms. The molecule has 0 amide bonds. The number of rotatable bonds is 5. The van der Waals surface area contributed by atoms with Crippen LogP contribution in [0.4, 0.5) is 0 Å². The van der Waals surface area contributed by atoms with Crippen molar-refractivity contribution in [2.24, 2.45) is 0 Å². The molecule has 6 heteroatoms. The first-order valence-corrected chi connectivity index (χ1v) is 8.00. The Morgan fingerprint density at radius 2 is 2.11 bits per heavy atom. The molecule has 2 aromatic rings. The minimum atomic E-state index is -1.08. The van der Waals surface area contributed by atoms with E-state index in [2.05, 4.69) is 4.98 Å². The molecule has 1 heterocycles. The number of aryl methyl sites for hydroxylation is 1. The van der Waals surface area contributed by atoms with Gasteiger partial charge in [-0.15, -0.1) is 11.3 Å². The van der Waals surface area contributed by atoms with Gasteiger partial charge < -0.3 is 5.11 Å². The number of nitrogens with zero attached hydrogens (tertiary/aromatic N) is 1. The highest BCUT2D eigenvalue weighted by atomic mass is 32.2. The van der Waals surface area contributed by atoms with Crippen LogP contribution in [-0.2, 0) is 22.3 Å². The first kappa shape index (κ1) is 13.9. The molecule has 0 saturated heterocycles. The predicted octanol–water partition coefficient (Wildman–Crippen LogP) is 2.60. The van der Waals surface area contributed by atoms with E-state index in [1.807, 2.05) is 31.2 Å². The topological polar surface area (TPSA) is 67.3 Å². The fourth-order valence-corrected chi connectivity index (χ4v) is 3.64. The van der Waals surface area contributed by atoms with Gasteiger partial charge in [0.2, 0.25) is 5.01 Å².